The molecular formula is C11H14N2O4S. The number of carbonyl (C=O) groups is 1. The summed E-state index contributed by atoms with van der Waals surface area (Å²) in [7, 11) is 3.23. The van der Waals surface area contributed by atoms with E-state index in [0.717, 1.165) is 11.8 Å². The molecule has 0 aromatic heterocycles. The van der Waals surface area contributed by atoms with Crippen LogP contribution in [0.3, 0.4) is 0 Å². The summed E-state index contributed by atoms with van der Waals surface area (Å²) in [5.41, 5.74) is 0.342. The maximum atomic E-state index is 11.7. The van der Waals surface area contributed by atoms with Crippen molar-refractivity contribution in [2.45, 2.75) is 4.90 Å². The summed E-state index contributed by atoms with van der Waals surface area (Å²) >= 11 is 1.16. The van der Waals surface area contributed by atoms with E-state index in [4.69, 9.17) is 5.11 Å². The van der Waals surface area contributed by atoms with Gasteiger partial charge in [0.15, 0.2) is 0 Å². The van der Waals surface area contributed by atoms with Gasteiger partial charge in [-0.1, -0.05) is 0 Å². The molecule has 1 aromatic rings. The SMILES string of the molecule is CN(C)C(=O)c1ccc([N+](=O)[O-])c(SCCO)c1. The highest BCUT2D eigenvalue weighted by molar-refractivity contribution is 7.99. The summed E-state index contributed by atoms with van der Waals surface area (Å²) < 4.78 is 0. The van der Waals surface area contributed by atoms with Crippen molar-refractivity contribution in [1.29, 1.82) is 0 Å². The van der Waals surface area contributed by atoms with Gasteiger partial charge < -0.3 is 10.0 Å². The van der Waals surface area contributed by atoms with Crippen molar-refractivity contribution in [3.63, 3.8) is 0 Å². The molecule has 0 aliphatic carbocycles. The van der Waals surface area contributed by atoms with Crippen LogP contribution in [-0.4, -0.2) is 47.3 Å². The van der Waals surface area contributed by atoms with Crippen LogP contribution in [0.2, 0.25) is 0 Å². The van der Waals surface area contributed by atoms with Gasteiger partial charge in [-0.3, -0.25) is 14.9 Å². The Morgan fingerprint density at radius 2 is 2.17 bits per heavy atom. The van der Waals surface area contributed by atoms with E-state index >= 15 is 0 Å². The molecule has 0 atom stereocenters. The van der Waals surface area contributed by atoms with Crippen molar-refractivity contribution in [2.24, 2.45) is 0 Å². The highest BCUT2D eigenvalue weighted by Crippen LogP contribution is 2.30. The molecule has 18 heavy (non-hydrogen) atoms. The molecule has 0 spiro atoms. The van der Waals surface area contributed by atoms with E-state index < -0.39 is 4.92 Å². The summed E-state index contributed by atoms with van der Waals surface area (Å²) in [5, 5.41) is 19.6. The maximum absolute atomic E-state index is 11.7. The maximum Gasteiger partial charge on any atom is 0.282 e. The molecule has 6 nitrogen and oxygen atoms in total. The first-order valence-corrected chi connectivity index (χ1v) is 6.19. The second kappa shape index (κ2) is 6.36. The fourth-order valence-corrected chi connectivity index (χ4v) is 2.14. The van der Waals surface area contributed by atoms with Crippen molar-refractivity contribution < 1.29 is 14.8 Å². The van der Waals surface area contributed by atoms with Gasteiger partial charge in [0, 0.05) is 31.5 Å². The second-order valence-electron chi connectivity index (χ2n) is 3.71. The number of thioether (sulfide) groups is 1. The first-order valence-electron chi connectivity index (χ1n) is 5.21. The van der Waals surface area contributed by atoms with Crippen LogP contribution in [0.5, 0.6) is 0 Å². The lowest BCUT2D eigenvalue weighted by Gasteiger charge is -2.11. The second-order valence-corrected chi connectivity index (χ2v) is 4.85. The highest BCUT2D eigenvalue weighted by Gasteiger charge is 2.17. The zero-order valence-corrected chi connectivity index (χ0v) is 10.9. The standard InChI is InChI=1S/C11H14N2O4S/c1-12(2)11(15)8-3-4-9(13(16)17)10(7-8)18-6-5-14/h3-4,7,14H,5-6H2,1-2H3. The van der Waals surface area contributed by atoms with Crippen LogP contribution in [0.4, 0.5) is 5.69 Å². The number of benzene rings is 1. The third kappa shape index (κ3) is 3.44. The predicted octanol–water partition coefficient (Wildman–Crippen LogP) is 1.38. The minimum absolute atomic E-state index is 0.0521. The van der Waals surface area contributed by atoms with Crippen molar-refractivity contribution in [3.8, 4) is 0 Å². The van der Waals surface area contributed by atoms with Gasteiger partial charge in [0.05, 0.1) is 16.4 Å². The lowest BCUT2D eigenvalue weighted by molar-refractivity contribution is -0.387. The lowest BCUT2D eigenvalue weighted by atomic mass is 10.2. The number of carbonyl (C=O) groups excluding carboxylic acids is 1. The molecule has 98 valence electrons. The molecule has 0 fully saturated rings. The van der Waals surface area contributed by atoms with Gasteiger partial charge in [0.1, 0.15) is 0 Å². The third-order valence-corrected chi connectivity index (χ3v) is 3.18. The number of nitro groups is 1. The molecule has 1 amide bonds. The van der Waals surface area contributed by atoms with Crippen LogP contribution < -0.4 is 0 Å². The Morgan fingerprint density at radius 3 is 2.67 bits per heavy atom. The molecule has 0 radical (unpaired) electrons. The average Bonchev–Trinajstić information content (AvgIpc) is 2.34. The number of aliphatic hydroxyl groups is 1. The molecule has 7 heteroatoms. The molecule has 0 aliphatic heterocycles. The van der Waals surface area contributed by atoms with Crippen molar-refractivity contribution in [1.82, 2.24) is 4.90 Å². The number of aliphatic hydroxyl groups excluding tert-OH is 1. The van der Waals surface area contributed by atoms with E-state index in [1.54, 1.807) is 14.1 Å². The fraction of sp³-hybridized carbons (Fsp3) is 0.364. The van der Waals surface area contributed by atoms with Gasteiger partial charge in [-0.25, -0.2) is 0 Å². The van der Waals surface area contributed by atoms with E-state index in [0.29, 0.717) is 16.2 Å². The van der Waals surface area contributed by atoms with Crippen LogP contribution in [-0.2, 0) is 0 Å². The number of nitrogens with zero attached hydrogens (tertiary/aromatic N) is 2. The molecule has 0 heterocycles. The summed E-state index contributed by atoms with van der Waals surface area (Å²) in [4.78, 5) is 23.9. The van der Waals surface area contributed by atoms with E-state index in [1.807, 2.05) is 0 Å². The zero-order chi connectivity index (χ0) is 13.7. The topological polar surface area (TPSA) is 83.7 Å². The van der Waals surface area contributed by atoms with Gasteiger partial charge in [0.2, 0.25) is 0 Å². The summed E-state index contributed by atoms with van der Waals surface area (Å²) in [6, 6.07) is 4.24. The smallest absolute Gasteiger partial charge is 0.282 e. The summed E-state index contributed by atoms with van der Waals surface area (Å²) in [6.07, 6.45) is 0. The molecule has 1 rings (SSSR count). The highest BCUT2D eigenvalue weighted by atomic mass is 32.2. The van der Waals surface area contributed by atoms with Crippen LogP contribution in [0.25, 0.3) is 0 Å². The average molecular weight is 270 g/mol. The van der Waals surface area contributed by atoms with E-state index in [9.17, 15) is 14.9 Å². The molecule has 0 aliphatic rings. The quantitative estimate of drug-likeness (QED) is 0.496. The van der Waals surface area contributed by atoms with Gasteiger partial charge >= 0.3 is 0 Å². The Balaban J connectivity index is 3.12. The molecule has 1 N–H and O–H groups in total. The molecule has 0 saturated carbocycles. The van der Waals surface area contributed by atoms with Crippen molar-refractivity contribution >= 4 is 23.4 Å². The molecule has 0 bridgehead atoms. The largest absolute Gasteiger partial charge is 0.396 e. The Labute approximate surface area is 109 Å². The molecular weight excluding hydrogens is 256 g/mol. The van der Waals surface area contributed by atoms with Gasteiger partial charge in [-0.2, -0.15) is 0 Å². The van der Waals surface area contributed by atoms with Gasteiger partial charge in [0.25, 0.3) is 11.6 Å². The van der Waals surface area contributed by atoms with Crippen LogP contribution in [0.1, 0.15) is 10.4 Å². The Morgan fingerprint density at radius 1 is 1.50 bits per heavy atom. The van der Waals surface area contributed by atoms with Gasteiger partial charge in [-0.05, 0) is 12.1 Å². The van der Waals surface area contributed by atoms with Crippen LogP contribution in [0, 0.1) is 10.1 Å². The summed E-state index contributed by atoms with van der Waals surface area (Å²) in [6.45, 7) is -0.0757. The number of rotatable bonds is 5. The number of hydrogen-bond donors (Lipinski definition) is 1. The van der Waals surface area contributed by atoms with E-state index in [1.165, 1.54) is 23.1 Å². The normalized spacial score (nSPS) is 10.2. The molecule has 0 unspecified atom stereocenters. The molecule has 1 aromatic carbocycles. The van der Waals surface area contributed by atoms with Crippen LogP contribution in [0.15, 0.2) is 23.1 Å². The number of nitro benzene ring substituents is 1. The fourth-order valence-electron chi connectivity index (χ4n) is 1.33. The van der Waals surface area contributed by atoms with E-state index in [-0.39, 0.29) is 18.2 Å². The first kappa shape index (κ1) is 14.5. The summed E-state index contributed by atoms with van der Waals surface area (Å²) in [5.74, 6) is 0.135. The van der Waals surface area contributed by atoms with Crippen molar-refractivity contribution in [2.75, 3.05) is 26.5 Å². The zero-order valence-electron chi connectivity index (χ0n) is 10.1. The number of hydrogen-bond acceptors (Lipinski definition) is 5. The van der Waals surface area contributed by atoms with E-state index in [2.05, 4.69) is 0 Å². The lowest BCUT2D eigenvalue weighted by Crippen LogP contribution is -2.21. The first-order chi connectivity index (χ1) is 8.47. The van der Waals surface area contributed by atoms with Gasteiger partial charge in [-0.15, -0.1) is 11.8 Å². The minimum atomic E-state index is -0.496. The predicted molar refractivity (Wildman–Crippen MR) is 68.9 cm³/mol. The third-order valence-electron chi connectivity index (χ3n) is 2.16. The Kier molecular flexibility index (Phi) is 5.11. The number of amides is 1. The van der Waals surface area contributed by atoms with Crippen LogP contribution >= 0.6 is 11.8 Å². The monoisotopic (exact) mass is 270 g/mol. The Hall–Kier alpha value is -1.60. The Bertz CT molecular complexity index is 462. The minimum Gasteiger partial charge on any atom is -0.396 e. The molecule has 0 saturated heterocycles. The van der Waals surface area contributed by atoms with Crippen molar-refractivity contribution in [3.05, 3.63) is 33.9 Å².